The van der Waals surface area contributed by atoms with E-state index in [0.29, 0.717) is 0 Å². The zero-order chi connectivity index (χ0) is 9.80. The van der Waals surface area contributed by atoms with Crippen LogP contribution in [0.3, 0.4) is 0 Å². The molecule has 2 rings (SSSR count). The number of rotatable bonds is 3. The van der Waals surface area contributed by atoms with E-state index in [4.69, 9.17) is 0 Å². The predicted molar refractivity (Wildman–Crippen MR) is 63.7 cm³/mol. The predicted octanol–water partition coefficient (Wildman–Crippen LogP) is 2.22. The van der Waals surface area contributed by atoms with Crippen molar-refractivity contribution in [2.24, 2.45) is 0 Å². The van der Waals surface area contributed by atoms with E-state index in [1.807, 2.05) is 0 Å². The van der Waals surface area contributed by atoms with Gasteiger partial charge in [0.15, 0.2) is 0 Å². The molecule has 1 saturated heterocycles. The Labute approximate surface area is 90.9 Å². The highest BCUT2D eigenvalue weighted by molar-refractivity contribution is 7.78. The number of anilines is 1. The third-order valence-electron chi connectivity index (χ3n) is 2.66. The van der Waals surface area contributed by atoms with E-state index >= 15 is 0 Å². The van der Waals surface area contributed by atoms with Gasteiger partial charge in [0.25, 0.3) is 0 Å². The highest BCUT2D eigenvalue weighted by Crippen LogP contribution is 2.20. The van der Waals surface area contributed by atoms with Crippen LogP contribution in [0.4, 0.5) is 5.69 Å². The maximum absolute atomic E-state index is 4.01. The van der Waals surface area contributed by atoms with Gasteiger partial charge in [-0.05, 0) is 30.5 Å². The van der Waals surface area contributed by atoms with E-state index in [1.54, 1.807) is 0 Å². The summed E-state index contributed by atoms with van der Waals surface area (Å²) in [4.78, 5) is 2.45. The average Bonchev–Trinajstić information content (AvgIpc) is 2.71. The van der Waals surface area contributed by atoms with Gasteiger partial charge in [0.1, 0.15) is 0 Å². The molecule has 1 aromatic rings. The van der Waals surface area contributed by atoms with Crippen molar-refractivity contribution in [2.75, 3.05) is 18.0 Å². The molecule has 0 aliphatic carbocycles. The van der Waals surface area contributed by atoms with Gasteiger partial charge in [-0.3, -0.25) is 4.72 Å². The molecule has 0 saturated carbocycles. The van der Waals surface area contributed by atoms with E-state index in [0.717, 1.165) is 6.54 Å². The van der Waals surface area contributed by atoms with Crippen molar-refractivity contribution >= 4 is 18.5 Å². The van der Waals surface area contributed by atoms with Crippen LogP contribution in [0.5, 0.6) is 0 Å². The smallest absolute Gasteiger partial charge is 0.0369 e. The molecular formula is C11H16N2S. The molecule has 1 N–H and O–H groups in total. The fourth-order valence-corrected chi connectivity index (χ4v) is 2.11. The molecule has 2 nitrogen and oxygen atoms in total. The summed E-state index contributed by atoms with van der Waals surface area (Å²) in [5, 5.41) is 0. The number of nitrogens with one attached hydrogen (secondary N) is 1. The Morgan fingerprint density at radius 2 is 2.07 bits per heavy atom. The molecule has 0 amide bonds. The van der Waals surface area contributed by atoms with Gasteiger partial charge in [-0.15, -0.1) is 0 Å². The summed E-state index contributed by atoms with van der Waals surface area (Å²) >= 11 is 4.01. The van der Waals surface area contributed by atoms with Gasteiger partial charge in [-0.2, -0.15) is 0 Å². The second-order valence-corrected chi connectivity index (χ2v) is 4.02. The minimum absolute atomic E-state index is 0.824. The summed E-state index contributed by atoms with van der Waals surface area (Å²) in [6.07, 6.45) is 2.66. The quantitative estimate of drug-likeness (QED) is 0.741. The van der Waals surface area contributed by atoms with Crippen LogP contribution < -0.4 is 9.62 Å². The van der Waals surface area contributed by atoms with Gasteiger partial charge in [0.2, 0.25) is 0 Å². The molecule has 0 atom stereocenters. The van der Waals surface area contributed by atoms with Crippen molar-refractivity contribution in [1.29, 1.82) is 0 Å². The molecule has 1 heterocycles. The molecule has 0 bridgehead atoms. The van der Waals surface area contributed by atoms with Crippen LogP contribution in [-0.2, 0) is 6.54 Å². The molecule has 1 fully saturated rings. The first-order valence-electron chi connectivity index (χ1n) is 5.11. The molecule has 0 aromatic heterocycles. The highest BCUT2D eigenvalue weighted by atomic mass is 32.1. The first kappa shape index (κ1) is 9.87. The summed E-state index contributed by atoms with van der Waals surface area (Å²) in [7, 11) is 0. The fourth-order valence-electron chi connectivity index (χ4n) is 1.93. The lowest BCUT2D eigenvalue weighted by Gasteiger charge is -2.18. The van der Waals surface area contributed by atoms with E-state index in [-0.39, 0.29) is 0 Å². The third-order valence-corrected chi connectivity index (χ3v) is 2.82. The number of thiol groups is 1. The highest BCUT2D eigenvalue weighted by Gasteiger charge is 2.11. The summed E-state index contributed by atoms with van der Waals surface area (Å²) in [6.45, 7) is 3.24. The van der Waals surface area contributed by atoms with Crippen molar-refractivity contribution in [3.05, 3.63) is 29.8 Å². The number of hydrogen-bond donors (Lipinski definition) is 2. The summed E-state index contributed by atoms with van der Waals surface area (Å²) < 4.78 is 2.88. The van der Waals surface area contributed by atoms with Crippen LogP contribution in [0.1, 0.15) is 18.4 Å². The van der Waals surface area contributed by atoms with Crippen LogP contribution in [0, 0.1) is 0 Å². The number of benzene rings is 1. The average molecular weight is 208 g/mol. The van der Waals surface area contributed by atoms with Gasteiger partial charge in [0, 0.05) is 25.3 Å². The summed E-state index contributed by atoms with van der Waals surface area (Å²) in [6, 6.07) is 8.68. The molecule has 76 valence electrons. The molecule has 1 aliphatic rings. The normalized spacial score (nSPS) is 16.2. The zero-order valence-corrected chi connectivity index (χ0v) is 9.13. The van der Waals surface area contributed by atoms with Crippen molar-refractivity contribution in [2.45, 2.75) is 19.4 Å². The molecule has 1 aliphatic heterocycles. The Hall–Kier alpha value is -0.670. The first-order chi connectivity index (χ1) is 6.90. The van der Waals surface area contributed by atoms with Gasteiger partial charge in [-0.25, -0.2) is 0 Å². The summed E-state index contributed by atoms with van der Waals surface area (Å²) in [5.41, 5.74) is 2.65. The SMILES string of the molecule is SNCc1cccc(N2CCCC2)c1. The van der Waals surface area contributed by atoms with Crippen LogP contribution in [-0.4, -0.2) is 13.1 Å². The lowest BCUT2D eigenvalue weighted by atomic mass is 10.2. The standard InChI is InChI=1S/C11H16N2S/c14-12-9-10-4-3-5-11(8-10)13-6-1-2-7-13/h3-5,8,12,14H,1-2,6-7,9H2. The fraction of sp³-hybridized carbons (Fsp3) is 0.455. The van der Waals surface area contributed by atoms with E-state index in [1.165, 1.54) is 37.2 Å². The Morgan fingerprint density at radius 1 is 1.29 bits per heavy atom. The van der Waals surface area contributed by atoms with Crippen molar-refractivity contribution in [1.82, 2.24) is 4.72 Å². The number of nitrogens with zero attached hydrogens (tertiary/aromatic N) is 1. The van der Waals surface area contributed by atoms with Gasteiger partial charge in [0.05, 0.1) is 0 Å². The second kappa shape index (κ2) is 4.71. The summed E-state index contributed by atoms with van der Waals surface area (Å²) in [5.74, 6) is 0. The minimum Gasteiger partial charge on any atom is -0.372 e. The van der Waals surface area contributed by atoms with Crippen LogP contribution >= 0.6 is 12.8 Å². The Balaban J connectivity index is 2.12. The third kappa shape index (κ3) is 2.22. The van der Waals surface area contributed by atoms with Gasteiger partial charge in [-0.1, -0.05) is 24.9 Å². The second-order valence-electron chi connectivity index (χ2n) is 3.70. The Morgan fingerprint density at radius 3 is 2.79 bits per heavy atom. The molecule has 14 heavy (non-hydrogen) atoms. The maximum atomic E-state index is 4.01. The molecule has 0 radical (unpaired) electrons. The van der Waals surface area contributed by atoms with E-state index < -0.39 is 0 Å². The number of hydrogen-bond acceptors (Lipinski definition) is 3. The Bertz CT molecular complexity index is 295. The molecule has 1 aromatic carbocycles. The molecular weight excluding hydrogens is 192 g/mol. The van der Waals surface area contributed by atoms with Crippen LogP contribution in [0.15, 0.2) is 24.3 Å². The van der Waals surface area contributed by atoms with E-state index in [2.05, 4.69) is 46.7 Å². The van der Waals surface area contributed by atoms with Gasteiger partial charge >= 0.3 is 0 Å². The molecule has 0 spiro atoms. The molecule has 3 heteroatoms. The lowest BCUT2D eigenvalue weighted by molar-refractivity contribution is 0.949. The zero-order valence-electron chi connectivity index (χ0n) is 8.24. The lowest BCUT2D eigenvalue weighted by Crippen LogP contribution is -2.17. The van der Waals surface area contributed by atoms with Crippen molar-refractivity contribution < 1.29 is 0 Å². The van der Waals surface area contributed by atoms with E-state index in [9.17, 15) is 0 Å². The minimum atomic E-state index is 0.824. The monoisotopic (exact) mass is 208 g/mol. The molecule has 0 unspecified atom stereocenters. The van der Waals surface area contributed by atoms with Crippen LogP contribution in [0.2, 0.25) is 0 Å². The maximum Gasteiger partial charge on any atom is 0.0369 e. The van der Waals surface area contributed by atoms with Crippen molar-refractivity contribution in [3.63, 3.8) is 0 Å². The van der Waals surface area contributed by atoms with Crippen molar-refractivity contribution in [3.8, 4) is 0 Å². The van der Waals surface area contributed by atoms with Crippen LogP contribution in [0.25, 0.3) is 0 Å². The largest absolute Gasteiger partial charge is 0.372 e. The van der Waals surface area contributed by atoms with Gasteiger partial charge < -0.3 is 4.90 Å². The topological polar surface area (TPSA) is 15.3 Å². The first-order valence-corrected chi connectivity index (χ1v) is 5.56. The Kier molecular flexibility index (Phi) is 3.32.